The third-order valence-corrected chi connectivity index (χ3v) is 11.7. The lowest BCUT2D eigenvalue weighted by atomic mass is 9.79. The molecule has 0 heterocycles. The van der Waals surface area contributed by atoms with Crippen LogP contribution in [0.4, 0.5) is 0 Å². The highest BCUT2D eigenvalue weighted by Crippen LogP contribution is 2.53. The molecule has 2 aliphatic rings. The van der Waals surface area contributed by atoms with E-state index in [1.165, 1.54) is 111 Å². The summed E-state index contributed by atoms with van der Waals surface area (Å²) < 4.78 is 0. The first kappa shape index (κ1) is 29.2. The van der Waals surface area contributed by atoms with Crippen LogP contribution in [0, 0.1) is 27.7 Å². The second kappa shape index (κ2) is 9.80. The summed E-state index contributed by atoms with van der Waals surface area (Å²) in [5, 5.41) is 5.28. The van der Waals surface area contributed by atoms with Crippen molar-refractivity contribution < 1.29 is 0 Å². The number of rotatable bonds is 2. The van der Waals surface area contributed by atoms with Crippen LogP contribution in [0.1, 0.15) is 72.2 Å². The fourth-order valence-electron chi connectivity index (χ4n) is 9.09. The molecule has 0 radical (unpaired) electrons. The third kappa shape index (κ3) is 3.96. The van der Waals surface area contributed by atoms with Crippen molar-refractivity contribution in [1.82, 2.24) is 0 Å². The van der Waals surface area contributed by atoms with Gasteiger partial charge in [-0.25, -0.2) is 0 Å². The van der Waals surface area contributed by atoms with Gasteiger partial charge in [-0.3, -0.25) is 0 Å². The Morgan fingerprint density at radius 1 is 0.312 bits per heavy atom. The molecule has 0 unspecified atom stereocenters. The number of hydrogen-bond donors (Lipinski definition) is 0. The molecule has 9 rings (SSSR count). The fraction of sp³-hybridized carbons (Fsp3) is 0.208. The molecule has 0 amide bonds. The fourth-order valence-corrected chi connectivity index (χ4v) is 9.09. The summed E-state index contributed by atoms with van der Waals surface area (Å²) in [6.07, 6.45) is 0. The summed E-state index contributed by atoms with van der Waals surface area (Å²) in [5.41, 5.74) is 21.5. The molecule has 0 aromatic heterocycles. The lowest BCUT2D eigenvalue weighted by Gasteiger charge is -2.24. The van der Waals surface area contributed by atoms with Gasteiger partial charge >= 0.3 is 0 Å². The number of hydrogen-bond acceptors (Lipinski definition) is 0. The first-order valence-corrected chi connectivity index (χ1v) is 17.4. The zero-order valence-electron chi connectivity index (χ0n) is 29.4. The van der Waals surface area contributed by atoms with Crippen molar-refractivity contribution in [3.63, 3.8) is 0 Å². The minimum absolute atomic E-state index is 0.0575. The Balaban J connectivity index is 1.32. The van der Waals surface area contributed by atoms with Crippen molar-refractivity contribution in [2.45, 2.75) is 66.2 Å². The second-order valence-corrected chi connectivity index (χ2v) is 15.7. The van der Waals surface area contributed by atoms with Crippen molar-refractivity contribution in [2.24, 2.45) is 0 Å². The Kier molecular flexibility index (Phi) is 5.97. The Morgan fingerprint density at radius 3 is 1.02 bits per heavy atom. The summed E-state index contributed by atoms with van der Waals surface area (Å²) in [6, 6.07) is 42.6. The standard InChI is InChI=1S/C48H42/c1-27-11-17-37-39(21-27)45(31-13-19-35-33-15-9-29(3)23-41(33)47(5,6)43(35)25-31)38-18-12-28(2)22-40(38)46(37)32-14-20-36-34-16-10-30(4)24-42(34)48(7,8)44(36)26-32/h9-26H,1-8H3. The van der Waals surface area contributed by atoms with Crippen LogP contribution in [0.25, 0.3) is 66.1 Å². The highest BCUT2D eigenvalue weighted by molar-refractivity contribution is 6.22. The van der Waals surface area contributed by atoms with Crippen molar-refractivity contribution in [3.8, 4) is 44.5 Å². The summed E-state index contributed by atoms with van der Waals surface area (Å²) in [7, 11) is 0. The Hall–Kier alpha value is -4.94. The predicted octanol–water partition coefficient (Wildman–Crippen LogP) is 13.2. The van der Waals surface area contributed by atoms with Gasteiger partial charge in [0.25, 0.3) is 0 Å². The molecule has 7 aromatic rings. The van der Waals surface area contributed by atoms with Crippen LogP contribution in [0.2, 0.25) is 0 Å². The van der Waals surface area contributed by atoms with Crippen molar-refractivity contribution in [2.75, 3.05) is 0 Å². The zero-order valence-corrected chi connectivity index (χ0v) is 29.4. The maximum Gasteiger partial charge on any atom is 0.0159 e. The quantitative estimate of drug-likeness (QED) is 0.169. The normalized spacial score (nSPS) is 15.0. The molecule has 0 saturated heterocycles. The van der Waals surface area contributed by atoms with E-state index in [1.807, 2.05) is 0 Å². The lowest BCUT2D eigenvalue weighted by Crippen LogP contribution is -2.15. The van der Waals surface area contributed by atoms with Crippen molar-refractivity contribution in [1.29, 1.82) is 0 Å². The Bertz CT molecular complexity index is 2360. The molecule has 0 bridgehead atoms. The zero-order chi connectivity index (χ0) is 33.3. The Labute approximate surface area is 285 Å². The SMILES string of the molecule is Cc1ccc2c(c1)C(C)(C)c1cc(-c3c4ccc(C)cc4c(-c4ccc5c(c4)C(C)(C)c4cc(C)ccc4-5)c4ccc(C)cc34)ccc1-2. The van der Waals surface area contributed by atoms with Gasteiger partial charge in [0.15, 0.2) is 0 Å². The molecule has 0 fully saturated rings. The van der Waals surface area contributed by atoms with Gasteiger partial charge in [-0.2, -0.15) is 0 Å². The summed E-state index contributed by atoms with van der Waals surface area (Å²) >= 11 is 0. The van der Waals surface area contributed by atoms with Gasteiger partial charge in [0, 0.05) is 10.8 Å². The smallest absolute Gasteiger partial charge is 0.0159 e. The first-order chi connectivity index (χ1) is 22.9. The molecule has 0 heteroatoms. The van der Waals surface area contributed by atoms with Gasteiger partial charge in [-0.15, -0.1) is 0 Å². The van der Waals surface area contributed by atoms with Gasteiger partial charge in [0.1, 0.15) is 0 Å². The van der Waals surface area contributed by atoms with E-state index in [1.54, 1.807) is 0 Å². The van der Waals surface area contributed by atoms with Crippen molar-refractivity contribution in [3.05, 3.63) is 154 Å². The van der Waals surface area contributed by atoms with Crippen LogP contribution in [-0.2, 0) is 10.8 Å². The molecular formula is C48H42. The van der Waals surface area contributed by atoms with Gasteiger partial charge in [-0.05, 0) is 128 Å². The van der Waals surface area contributed by atoms with E-state index in [0.717, 1.165) is 0 Å². The van der Waals surface area contributed by atoms with E-state index < -0.39 is 0 Å². The molecule has 0 spiro atoms. The monoisotopic (exact) mass is 618 g/mol. The molecule has 48 heavy (non-hydrogen) atoms. The topological polar surface area (TPSA) is 0 Å². The van der Waals surface area contributed by atoms with Crippen LogP contribution in [-0.4, -0.2) is 0 Å². The Morgan fingerprint density at radius 2 is 0.625 bits per heavy atom. The number of fused-ring (bicyclic) bond motifs is 8. The average Bonchev–Trinajstić information content (AvgIpc) is 3.41. The highest BCUT2D eigenvalue weighted by Gasteiger charge is 2.37. The van der Waals surface area contributed by atoms with Crippen LogP contribution in [0.3, 0.4) is 0 Å². The largest absolute Gasteiger partial charge is 0.0587 e. The summed E-state index contributed by atoms with van der Waals surface area (Å²) in [4.78, 5) is 0. The maximum absolute atomic E-state index is 2.50. The summed E-state index contributed by atoms with van der Waals surface area (Å²) in [6.45, 7) is 18.4. The molecule has 0 aliphatic heterocycles. The van der Waals surface area contributed by atoms with E-state index in [2.05, 4.69) is 165 Å². The van der Waals surface area contributed by atoms with Crippen LogP contribution in [0.5, 0.6) is 0 Å². The minimum Gasteiger partial charge on any atom is -0.0587 e. The van der Waals surface area contributed by atoms with E-state index in [0.29, 0.717) is 0 Å². The van der Waals surface area contributed by atoms with E-state index in [-0.39, 0.29) is 10.8 Å². The van der Waals surface area contributed by atoms with Gasteiger partial charge in [0.2, 0.25) is 0 Å². The van der Waals surface area contributed by atoms with Gasteiger partial charge in [-0.1, -0.05) is 147 Å². The van der Waals surface area contributed by atoms with Gasteiger partial charge < -0.3 is 0 Å². The maximum atomic E-state index is 2.50. The van der Waals surface area contributed by atoms with Crippen LogP contribution >= 0.6 is 0 Å². The molecular weight excluding hydrogens is 577 g/mol. The molecule has 2 aliphatic carbocycles. The van der Waals surface area contributed by atoms with Gasteiger partial charge in [0.05, 0.1) is 0 Å². The minimum atomic E-state index is -0.0575. The van der Waals surface area contributed by atoms with E-state index in [9.17, 15) is 0 Å². The third-order valence-electron chi connectivity index (χ3n) is 11.7. The predicted molar refractivity (Wildman–Crippen MR) is 206 cm³/mol. The van der Waals surface area contributed by atoms with Crippen LogP contribution in [0.15, 0.2) is 109 Å². The highest BCUT2D eigenvalue weighted by atomic mass is 14.4. The summed E-state index contributed by atoms with van der Waals surface area (Å²) in [5.74, 6) is 0. The molecule has 7 aromatic carbocycles. The average molecular weight is 619 g/mol. The molecule has 0 atom stereocenters. The molecule has 0 nitrogen and oxygen atoms in total. The second-order valence-electron chi connectivity index (χ2n) is 15.7. The van der Waals surface area contributed by atoms with E-state index >= 15 is 0 Å². The number of benzene rings is 7. The number of aryl methyl sites for hydroxylation is 4. The molecule has 234 valence electrons. The lowest BCUT2D eigenvalue weighted by molar-refractivity contribution is 0.660. The molecule has 0 N–H and O–H groups in total. The van der Waals surface area contributed by atoms with Crippen molar-refractivity contribution >= 4 is 21.5 Å². The van der Waals surface area contributed by atoms with Crippen LogP contribution < -0.4 is 0 Å². The van der Waals surface area contributed by atoms with E-state index in [4.69, 9.17) is 0 Å². The first-order valence-electron chi connectivity index (χ1n) is 17.4. The molecule has 0 saturated carbocycles.